The second-order valence-corrected chi connectivity index (χ2v) is 5.08. The fraction of sp³-hybridized carbons (Fsp3) is 0.133. The maximum absolute atomic E-state index is 12.3. The average Bonchev–Trinajstić information content (AvgIpc) is 2.42. The van der Waals surface area contributed by atoms with Gasteiger partial charge in [-0.1, -0.05) is 18.2 Å². The maximum atomic E-state index is 12.3. The molecule has 2 rings (SSSR count). The molecule has 2 aromatic carbocycles. The van der Waals surface area contributed by atoms with Crippen molar-refractivity contribution in [1.82, 2.24) is 0 Å². The van der Waals surface area contributed by atoms with Crippen molar-refractivity contribution < 1.29 is 4.79 Å². The molecule has 4 heteroatoms. The molecule has 0 aliphatic rings. The molecule has 19 heavy (non-hydrogen) atoms. The Morgan fingerprint density at radius 3 is 2.68 bits per heavy atom. The number of amides is 1. The lowest BCUT2D eigenvalue weighted by atomic mass is 10.1. The zero-order valence-electron chi connectivity index (χ0n) is 10.9. The van der Waals surface area contributed by atoms with E-state index < -0.39 is 0 Å². The van der Waals surface area contributed by atoms with E-state index in [-0.39, 0.29) is 5.91 Å². The molecular formula is C15H16N2OS. The van der Waals surface area contributed by atoms with Gasteiger partial charge in [0.15, 0.2) is 0 Å². The molecule has 3 N–H and O–H groups in total. The SMILES string of the molecule is CSc1ccccc1NC(=O)c1cc(N)ccc1C. The van der Waals surface area contributed by atoms with Crippen LogP contribution in [0.25, 0.3) is 0 Å². The Labute approximate surface area is 117 Å². The zero-order chi connectivity index (χ0) is 13.8. The number of nitrogens with two attached hydrogens (primary N) is 1. The summed E-state index contributed by atoms with van der Waals surface area (Å²) in [7, 11) is 0. The molecule has 0 heterocycles. The first-order chi connectivity index (χ1) is 9.11. The van der Waals surface area contributed by atoms with Crippen molar-refractivity contribution in [2.75, 3.05) is 17.3 Å². The van der Waals surface area contributed by atoms with Crippen molar-refractivity contribution >= 4 is 29.0 Å². The van der Waals surface area contributed by atoms with Gasteiger partial charge >= 0.3 is 0 Å². The molecule has 0 saturated carbocycles. The number of thioether (sulfide) groups is 1. The highest BCUT2D eigenvalue weighted by molar-refractivity contribution is 7.98. The lowest BCUT2D eigenvalue weighted by Crippen LogP contribution is -2.14. The van der Waals surface area contributed by atoms with Gasteiger partial charge in [0, 0.05) is 16.1 Å². The number of hydrogen-bond donors (Lipinski definition) is 2. The molecule has 0 aliphatic carbocycles. The largest absolute Gasteiger partial charge is 0.399 e. The molecule has 98 valence electrons. The summed E-state index contributed by atoms with van der Waals surface area (Å²) in [5.74, 6) is -0.133. The molecule has 0 spiro atoms. The Bertz CT molecular complexity index is 611. The van der Waals surface area contributed by atoms with E-state index in [9.17, 15) is 4.79 Å². The van der Waals surface area contributed by atoms with Gasteiger partial charge in [-0.25, -0.2) is 0 Å². The molecule has 0 atom stereocenters. The predicted octanol–water partition coefficient (Wildman–Crippen LogP) is 3.55. The van der Waals surface area contributed by atoms with Crippen LogP contribution in [0.2, 0.25) is 0 Å². The molecular weight excluding hydrogens is 256 g/mol. The summed E-state index contributed by atoms with van der Waals surface area (Å²) in [6.07, 6.45) is 1.98. The molecule has 0 aromatic heterocycles. The standard InChI is InChI=1S/C15H16N2OS/c1-10-7-8-11(16)9-12(10)15(18)17-13-5-3-4-6-14(13)19-2/h3-9H,16H2,1-2H3,(H,17,18). The van der Waals surface area contributed by atoms with Crippen molar-refractivity contribution in [2.45, 2.75) is 11.8 Å². The van der Waals surface area contributed by atoms with E-state index >= 15 is 0 Å². The third-order valence-electron chi connectivity index (χ3n) is 2.86. The van der Waals surface area contributed by atoms with Crippen LogP contribution in [0.5, 0.6) is 0 Å². The van der Waals surface area contributed by atoms with E-state index in [1.165, 1.54) is 0 Å². The first-order valence-corrected chi connectivity index (χ1v) is 7.15. The molecule has 0 saturated heterocycles. The third-order valence-corrected chi connectivity index (χ3v) is 3.66. The van der Waals surface area contributed by atoms with Crippen LogP contribution >= 0.6 is 11.8 Å². The van der Waals surface area contributed by atoms with Crippen LogP contribution in [-0.4, -0.2) is 12.2 Å². The minimum atomic E-state index is -0.133. The molecule has 0 fully saturated rings. The smallest absolute Gasteiger partial charge is 0.256 e. The molecule has 0 unspecified atom stereocenters. The van der Waals surface area contributed by atoms with Gasteiger partial charge in [0.05, 0.1) is 5.69 Å². The van der Waals surface area contributed by atoms with Gasteiger partial charge in [0.1, 0.15) is 0 Å². The van der Waals surface area contributed by atoms with Gasteiger partial charge in [-0.2, -0.15) is 0 Å². The molecule has 2 aromatic rings. The number of anilines is 2. The van der Waals surface area contributed by atoms with Crippen LogP contribution in [0, 0.1) is 6.92 Å². The first kappa shape index (κ1) is 13.5. The van der Waals surface area contributed by atoms with Crippen molar-refractivity contribution in [1.29, 1.82) is 0 Å². The third kappa shape index (κ3) is 3.09. The lowest BCUT2D eigenvalue weighted by Gasteiger charge is -2.11. The monoisotopic (exact) mass is 272 g/mol. The topological polar surface area (TPSA) is 55.1 Å². The Balaban J connectivity index is 2.28. The molecule has 0 radical (unpaired) electrons. The van der Waals surface area contributed by atoms with E-state index in [1.54, 1.807) is 23.9 Å². The van der Waals surface area contributed by atoms with Gasteiger partial charge in [0.25, 0.3) is 5.91 Å². The Kier molecular flexibility index (Phi) is 4.12. The summed E-state index contributed by atoms with van der Waals surface area (Å²) >= 11 is 1.60. The van der Waals surface area contributed by atoms with Crippen LogP contribution in [0.4, 0.5) is 11.4 Å². The molecule has 0 bridgehead atoms. The van der Waals surface area contributed by atoms with Gasteiger partial charge in [0.2, 0.25) is 0 Å². The number of nitrogen functional groups attached to an aromatic ring is 1. The van der Waals surface area contributed by atoms with Gasteiger partial charge < -0.3 is 11.1 Å². The Hall–Kier alpha value is -1.94. The first-order valence-electron chi connectivity index (χ1n) is 5.92. The summed E-state index contributed by atoms with van der Waals surface area (Å²) in [4.78, 5) is 13.3. The highest BCUT2D eigenvalue weighted by Gasteiger charge is 2.11. The van der Waals surface area contributed by atoms with Gasteiger partial charge in [-0.05, 0) is 43.0 Å². The second-order valence-electron chi connectivity index (χ2n) is 4.23. The Morgan fingerprint density at radius 1 is 1.21 bits per heavy atom. The molecule has 3 nitrogen and oxygen atoms in total. The zero-order valence-corrected chi connectivity index (χ0v) is 11.8. The minimum Gasteiger partial charge on any atom is -0.399 e. The number of hydrogen-bond acceptors (Lipinski definition) is 3. The second kappa shape index (κ2) is 5.80. The normalized spacial score (nSPS) is 10.2. The van der Waals surface area contributed by atoms with Crippen molar-refractivity contribution in [2.24, 2.45) is 0 Å². The quantitative estimate of drug-likeness (QED) is 0.663. The van der Waals surface area contributed by atoms with E-state index in [0.717, 1.165) is 16.1 Å². The number of para-hydroxylation sites is 1. The molecule has 0 aliphatic heterocycles. The van der Waals surface area contributed by atoms with Crippen LogP contribution < -0.4 is 11.1 Å². The highest BCUT2D eigenvalue weighted by atomic mass is 32.2. The number of aryl methyl sites for hydroxylation is 1. The number of carbonyl (C=O) groups is 1. The number of carbonyl (C=O) groups excluding carboxylic acids is 1. The molecule has 1 amide bonds. The van der Waals surface area contributed by atoms with Crippen molar-refractivity contribution in [3.05, 3.63) is 53.6 Å². The predicted molar refractivity (Wildman–Crippen MR) is 81.8 cm³/mol. The lowest BCUT2D eigenvalue weighted by molar-refractivity contribution is 0.102. The summed E-state index contributed by atoms with van der Waals surface area (Å²) in [5, 5.41) is 2.93. The Morgan fingerprint density at radius 2 is 1.95 bits per heavy atom. The fourth-order valence-electron chi connectivity index (χ4n) is 1.82. The number of benzene rings is 2. The minimum absolute atomic E-state index is 0.133. The number of rotatable bonds is 3. The number of nitrogens with one attached hydrogen (secondary N) is 1. The van der Waals surface area contributed by atoms with Gasteiger partial charge in [-0.3, -0.25) is 4.79 Å². The summed E-state index contributed by atoms with van der Waals surface area (Å²) in [5.41, 5.74) is 8.66. The van der Waals surface area contributed by atoms with E-state index in [1.807, 2.05) is 43.5 Å². The summed E-state index contributed by atoms with van der Waals surface area (Å²) in [6.45, 7) is 1.90. The fourth-order valence-corrected chi connectivity index (χ4v) is 2.38. The van der Waals surface area contributed by atoms with Crippen LogP contribution in [0.3, 0.4) is 0 Å². The van der Waals surface area contributed by atoms with E-state index in [4.69, 9.17) is 5.73 Å². The van der Waals surface area contributed by atoms with Gasteiger partial charge in [-0.15, -0.1) is 11.8 Å². The van der Waals surface area contributed by atoms with E-state index in [0.29, 0.717) is 11.3 Å². The van der Waals surface area contributed by atoms with Crippen LogP contribution in [-0.2, 0) is 0 Å². The summed E-state index contributed by atoms with van der Waals surface area (Å²) in [6, 6.07) is 13.1. The van der Waals surface area contributed by atoms with Crippen molar-refractivity contribution in [3.8, 4) is 0 Å². The van der Waals surface area contributed by atoms with Crippen molar-refractivity contribution in [3.63, 3.8) is 0 Å². The maximum Gasteiger partial charge on any atom is 0.256 e. The average molecular weight is 272 g/mol. The van der Waals surface area contributed by atoms with E-state index in [2.05, 4.69) is 5.32 Å². The highest BCUT2D eigenvalue weighted by Crippen LogP contribution is 2.25. The summed E-state index contributed by atoms with van der Waals surface area (Å²) < 4.78 is 0. The van der Waals surface area contributed by atoms with Crippen LogP contribution in [0.1, 0.15) is 15.9 Å². The van der Waals surface area contributed by atoms with Crippen LogP contribution in [0.15, 0.2) is 47.4 Å².